The minimum Gasteiger partial charge on any atom is -0.383 e. The van der Waals surface area contributed by atoms with Gasteiger partial charge >= 0.3 is 0 Å². The van der Waals surface area contributed by atoms with E-state index in [2.05, 4.69) is 5.32 Å². The van der Waals surface area contributed by atoms with E-state index in [0.29, 0.717) is 19.1 Å². The summed E-state index contributed by atoms with van der Waals surface area (Å²) in [5.41, 5.74) is 3.74. The molecule has 0 spiro atoms. The molecule has 7 nitrogen and oxygen atoms in total. The van der Waals surface area contributed by atoms with Crippen molar-refractivity contribution in [1.82, 2.24) is 14.5 Å². The molecule has 3 aromatic rings. The third-order valence-electron chi connectivity index (χ3n) is 6.22. The van der Waals surface area contributed by atoms with Crippen molar-refractivity contribution in [3.05, 3.63) is 66.4 Å². The number of hydrogen-bond acceptors (Lipinski definition) is 4. The third-order valence-corrected chi connectivity index (χ3v) is 6.22. The van der Waals surface area contributed by atoms with E-state index >= 15 is 0 Å². The van der Waals surface area contributed by atoms with Crippen molar-refractivity contribution < 1.29 is 14.3 Å². The molecule has 0 saturated heterocycles. The lowest BCUT2D eigenvalue weighted by molar-refractivity contribution is -0.138. The number of carbonyl (C=O) groups excluding carboxylic acids is 2. The highest BCUT2D eigenvalue weighted by atomic mass is 16.5. The summed E-state index contributed by atoms with van der Waals surface area (Å²) in [7, 11) is 1.60. The summed E-state index contributed by atoms with van der Waals surface area (Å²) >= 11 is 0. The first-order valence-electron chi connectivity index (χ1n) is 11.8. The SMILES string of the molecule is COCCN(CC(=O)Nc1nc(-c2ccccc2)cn1-c1cccc(C)c1)C(=O)C1CCCC1. The average molecular weight is 461 g/mol. The minimum atomic E-state index is -0.276. The van der Waals surface area contributed by atoms with Crippen molar-refractivity contribution in [3.8, 4) is 16.9 Å². The number of benzene rings is 2. The molecule has 1 fully saturated rings. The normalized spacial score (nSPS) is 13.7. The molecule has 0 atom stereocenters. The smallest absolute Gasteiger partial charge is 0.246 e. The zero-order valence-corrected chi connectivity index (χ0v) is 19.9. The van der Waals surface area contributed by atoms with Crippen LogP contribution in [0.5, 0.6) is 0 Å². The van der Waals surface area contributed by atoms with Gasteiger partial charge in [-0.05, 0) is 37.5 Å². The van der Waals surface area contributed by atoms with E-state index in [4.69, 9.17) is 9.72 Å². The highest BCUT2D eigenvalue weighted by Crippen LogP contribution is 2.27. The summed E-state index contributed by atoms with van der Waals surface area (Å²) in [6, 6.07) is 17.9. The maximum atomic E-state index is 13.1. The molecule has 0 bridgehead atoms. The van der Waals surface area contributed by atoms with Gasteiger partial charge in [0.1, 0.15) is 6.54 Å². The highest BCUT2D eigenvalue weighted by molar-refractivity contribution is 5.94. The van der Waals surface area contributed by atoms with Gasteiger partial charge in [0.05, 0.1) is 12.3 Å². The lowest BCUT2D eigenvalue weighted by Gasteiger charge is -2.24. The van der Waals surface area contributed by atoms with Gasteiger partial charge in [-0.3, -0.25) is 19.5 Å². The van der Waals surface area contributed by atoms with E-state index in [-0.39, 0.29) is 24.3 Å². The topological polar surface area (TPSA) is 76.5 Å². The molecule has 2 amide bonds. The van der Waals surface area contributed by atoms with Gasteiger partial charge in [0.25, 0.3) is 0 Å². The van der Waals surface area contributed by atoms with Gasteiger partial charge < -0.3 is 9.64 Å². The number of amides is 2. The number of rotatable bonds is 9. The summed E-state index contributed by atoms with van der Waals surface area (Å²) in [5, 5.41) is 2.95. The van der Waals surface area contributed by atoms with Crippen molar-refractivity contribution in [2.75, 3.05) is 32.1 Å². The van der Waals surface area contributed by atoms with Crippen LogP contribution in [0, 0.1) is 12.8 Å². The molecule has 1 saturated carbocycles. The van der Waals surface area contributed by atoms with Crippen LogP contribution >= 0.6 is 0 Å². The molecule has 1 heterocycles. The van der Waals surface area contributed by atoms with Crippen molar-refractivity contribution in [2.24, 2.45) is 5.92 Å². The van der Waals surface area contributed by atoms with Crippen LogP contribution in [0.2, 0.25) is 0 Å². The zero-order chi connectivity index (χ0) is 23.9. The number of aryl methyl sites for hydroxylation is 1. The number of nitrogens with one attached hydrogen (secondary N) is 1. The Morgan fingerprint density at radius 1 is 1.12 bits per heavy atom. The fraction of sp³-hybridized carbons (Fsp3) is 0.370. The summed E-state index contributed by atoms with van der Waals surface area (Å²) < 4.78 is 7.06. The lowest BCUT2D eigenvalue weighted by atomic mass is 10.1. The summed E-state index contributed by atoms with van der Waals surface area (Å²) in [5.74, 6) is 0.191. The maximum absolute atomic E-state index is 13.1. The summed E-state index contributed by atoms with van der Waals surface area (Å²) in [6.07, 6.45) is 5.84. The van der Waals surface area contributed by atoms with Gasteiger partial charge in [0, 0.05) is 37.0 Å². The zero-order valence-electron chi connectivity index (χ0n) is 19.9. The Kier molecular flexibility index (Phi) is 7.75. The van der Waals surface area contributed by atoms with Crippen LogP contribution in [-0.2, 0) is 14.3 Å². The first-order valence-corrected chi connectivity index (χ1v) is 11.8. The predicted octanol–water partition coefficient (Wildman–Crippen LogP) is 4.45. The number of imidazole rings is 1. The van der Waals surface area contributed by atoms with E-state index < -0.39 is 0 Å². The second kappa shape index (κ2) is 11.1. The number of methoxy groups -OCH3 is 1. The number of nitrogens with zero attached hydrogens (tertiary/aromatic N) is 3. The van der Waals surface area contributed by atoms with Crippen molar-refractivity contribution in [2.45, 2.75) is 32.6 Å². The molecule has 1 aromatic heterocycles. The molecule has 2 aromatic carbocycles. The third kappa shape index (κ3) is 5.72. The molecular weight excluding hydrogens is 428 g/mol. The second-order valence-electron chi connectivity index (χ2n) is 8.81. The molecule has 178 valence electrons. The van der Waals surface area contributed by atoms with Gasteiger partial charge in [0.15, 0.2) is 0 Å². The van der Waals surface area contributed by atoms with E-state index in [9.17, 15) is 9.59 Å². The number of hydrogen-bond donors (Lipinski definition) is 1. The monoisotopic (exact) mass is 460 g/mol. The standard InChI is InChI=1S/C27H32N4O3/c1-20-9-8-14-23(17-20)31-18-24(21-10-4-3-5-11-21)28-27(31)29-25(32)19-30(15-16-34-2)26(33)22-12-6-7-13-22/h3-5,8-11,14,17-18,22H,6-7,12-13,15-16,19H2,1-2H3,(H,28,29,32). The largest absolute Gasteiger partial charge is 0.383 e. The molecule has 0 radical (unpaired) electrons. The van der Waals surface area contributed by atoms with E-state index in [0.717, 1.165) is 48.2 Å². The number of carbonyl (C=O) groups is 2. The fourth-order valence-corrected chi connectivity index (χ4v) is 4.43. The lowest BCUT2D eigenvalue weighted by Crippen LogP contribution is -2.42. The van der Waals surface area contributed by atoms with Crippen molar-refractivity contribution >= 4 is 17.8 Å². The minimum absolute atomic E-state index is 0.00335. The van der Waals surface area contributed by atoms with Gasteiger partial charge in [-0.15, -0.1) is 0 Å². The molecule has 1 aliphatic rings. The van der Waals surface area contributed by atoms with Crippen LogP contribution < -0.4 is 5.32 Å². The highest BCUT2D eigenvalue weighted by Gasteiger charge is 2.28. The van der Waals surface area contributed by atoms with E-state index in [1.807, 2.05) is 72.3 Å². The van der Waals surface area contributed by atoms with Crippen LogP contribution in [0.15, 0.2) is 60.8 Å². The molecule has 0 aliphatic heterocycles. The summed E-state index contributed by atoms with van der Waals surface area (Å²) in [6.45, 7) is 2.78. The maximum Gasteiger partial charge on any atom is 0.246 e. The van der Waals surface area contributed by atoms with Crippen molar-refractivity contribution in [3.63, 3.8) is 0 Å². The van der Waals surface area contributed by atoms with Crippen LogP contribution in [-0.4, -0.2) is 53.1 Å². The molecule has 34 heavy (non-hydrogen) atoms. The van der Waals surface area contributed by atoms with Crippen molar-refractivity contribution in [1.29, 1.82) is 0 Å². The van der Waals surface area contributed by atoms with Crippen LogP contribution in [0.3, 0.4) is 0 Å². The molecule has 1 aliphatic carbocycles. The van der Waals surface area contributed by atoms with E-state index in [1.54, 1.807) is 12.0 Å². The molecule has 1 N–H and O–H groups in total. The fourth-order valence-electron chi connectivity index (χ4n) is 4.43. The second-order valence-corrected chi connectivity index (χ2v) is 8.81. The Morgan fingerprint density at radius 3 is 2.59 bits per heavy atom. The summed E-state index contributed by atoms with van der Waals surface area (Å²) in [4.78, 5) is 32.5. The quantitative estimate of drug-likeness (QED) is 0.512. The number of ether oxygens (including phenoxy) is 1. The first kappa shape index (κ1) is 23.7. The van der Waals surface area contributed by atoms with Crippen LogP contribution in [0.4, 0.5) is 5.95 Å². The van der Waals surface area contributed by atoms with E-state index in [1.165, 1.54) is 0 Å². The molecule has 0 unspecified atom stereocenters. The Morgan fingerprint density at radius 2 is 1.88 bits per heavy atom. The Balaban J connectivity index is 1.57. The van der Waals surface area contributed by atoms with Gasteiger partial charge in [-0.2, -0.15) is 0 Å². The Hall–Kier alpha value is -3.45. The van der Waals surface area contributed by atoms with Gasteiger partial charge in [-0.1, -0.05) is 55.3 Å². The van der Waals surface area contributed by atoms with Crippen LogP contribution in [0.25, 0.3) is 16.9 Å². The molecular formula is C27H32N4O3. The molecule has 4 rings (SSSR count). The number of aromatic nitrogens is 2. The first-order chi connectivity index (χ1) is 16.5. The number of anilines is 1. The predicted molar refractivity (Wildman–Crippen MR) is 133 cm³/mol. The average Bonchev–Trinajstić information content (AvgIpc) is 3.52. The van der Waals surface area contributed by atoms with Crippen LogP contribution in [0.1, 0.15) is 31.2 Å². The molecule has 7 heteroatoms. The Bertz CT molecular complexity index is 1120. The van der Waals surface area contributed by atoms with Gasteiger partial charge in [-0.25, -0.2) is 4.98 Å². The Labute approximate surface area is 200 Å². The van der Waals surface area contributed by atoms with Gasteiger partial charge in [0.2, 0.25) is 17.8 Å².